The molecule has 0 saturated heterocycles. The van der Waals surface area contributed by atoms with E-state index in [9.17, 15) is 13.2 Å². The van der Waals surface area contributed by atoms with E-state index in [1.807, 2.05) is 0 Å². The average molecular weight is 439 g/mol. The van der Waals surface area contributed by atoms with Crippen LogP contribution in [0.4, 0.5) is 19.0 Å². The summed E-state index contributed by atoms with van der Waals surface area (Å²) in [7, 11) is 0. The molecule has 0 unspecified atom stereocenters. The van der Waals surface area contributed by atoms with E-state index in [-0.39, 0.29) is 23.6 Å². The van der Waals surface area contributed by atoms with E-state index >= 15 is 0 Å². The predicted molar refractivity (Wildman–Crippen MR) is 105 cm³/mol. The van der Waals surface area contributed by atoms with Crippen LogP contribution >= 0.6 is 0 Å². The van der Waals surface area contributed by atoms with Gasteiger partial charge in [0.05, 0.1) is 12.1 Å². The maximum Gasteiger partial charge on any atom is 0.314 e. The molecule has 0 atom stereocenters. The van der Waals surface area contributed by atoms with Crippen LogP contribution in [0.15, 0.2) is 47.1 Å². The van der Waals surface area contributed by atoms with Gasteiger partial charge in [0.15, 0.2) is 0 Å². The fourth-order valence-corrected chi connectivity index (χ4v) is 3.04. The van der Waals surface area contributed by atoms with Crippen molar-refractivity contribution in [3.63, 3.8) is 0 Å². The highest BCUT2D eigenvalue weighted by atomic mass is 19.3. The molecular weight excluding hydrogens is 427 g/mol. The van der Waals surface area contributed by atoms with Gasteiger partial charge in [-0.25, -0.2) is 14.4 Å². The van der Waals surface area contributed by atoms with Crippen molar-refractivity contribution in [2.75, 3.05) is 5.73 Å². The van der Waals surface area contributed by atoms with Gasteiger partial charge in [-0.1, -0.05) is 12.1 Å². The van der Waals surface area contributed by atoms with E-state index in [2.05, 4.69) is 35.6 Å². The molecule has 2 N–H and O–H groups in total. The molecule has 5 rings (SSSR count). The molecule has 5 aromatic rings. The minimum atomic E-state index is -2.90. The molecule has 0 spiro atoms. The van der Waals surface area contributed by atoms with Crippen molar-refractivity contribution >= 4 is 16.7 Å². The van der Waals surface area contributed by atoms with Crippen molar-refractivity contribution in [3.05, 3.63) is 60.0 Å². The lowest BCUT2D eigenvalue weighted by Crippen LogP contribution is -2.06. The molecule has 0 saturated carbocycles. The molecule has 13 heteroatoms. The van der Waals surface area contributed by atoms with Crippen LogP contribution < -0.4 is 5.73 Å². The lowest BCUT2D eigenvalue weighted by atomic mass is 10.1. The zero-order chi connectivity index (χ0) is 22.2. The van der Waals surface area contributed by atoms with Gasteiger partial charge in [-0.15, -0.1) is 20.4 Å². The highest BCUT2D eigenvalue weighted by molar-refractivity contribution is 5.90. The molecule has 0 amide bonds. The molecule has 0 fully saturated rings. The first-order valence-electron chi connectivity index (χ1n) is 9.16. The van der Waals surface area contributed by atoms with Crippen LogP contribution in [0.1, 0.15) is 17.9 Å². The number of halogens is 3. The number of hydrogen-bond acceptors (Lipinski definition) is 9. The normalized spacial score (nSPS) is 11.5. The summed E-state index contributed by atoms with van der Waals surface area (Å²) < 4.78 is 44.6. The van der Waals surface area contributed by atoms with Crippen LogP contribution in [0.2, 0.25) is 0 Å². The Hall–Kier alpha value is -4.42. The molecule has 0 aliphatic heterocycles. The SMILES string of the molecule is Nc1ncnc2cc(-c3nnn(Cc4ccc(-c5nnc(C(F)F)o5)cc4F)n3)ccc12. The molecule has 160 valence electrons. The van der Waals surface area contributed by atoms with Crippen LogP contribution in [0, 0.1) is 5.82 Å². The molecule has 0 bridgehead atoms. The Balaban J connectivity index is 1.37. The molecule has 0 aliphatic carbocycles. The van der Waals surface area contributed by atoms with Gasteiger partial charge >= 0.3 is 6.43 Å². The lowest BCUT2D eigenvalue weighted by molar-refractivity contribution is 0.116. The second kappa shape index (κ2) is 7.68. The van der Waals surface area contributed by atoms with Crippen molar-refractivity contribution in [2.24, 2.45) is 0 Å². The van der Waals surface area contributed by atoms with E-state index in [0.29, 0.717) is 28.1 Å². The van der Waals surface area contributed by atoms with Crippen molar-refractivity contribution < 1.29 is 17.6 Å². The summed E-state index contributed by atoms with van der Waals surface area (Å²) in [6, 6.07) is 9.32. The van der Waals surface area contributed by atoms with E-state index in [1.165, 1.54) is 23.3 Å². The maximum absolute atomic E-state index is 14.6. The van der Waals surface area contributed by atoms with Crippen LogP contribution in [0.5, 0.6) is 0 Å². The van der Waals surface area contributed by atoms with Gasteiger partial charge in [-0.3, -0.25) is 0 Å². The molecule has 2 aromatic carbocycles. The van der Waals surface area contributed by atoms with Gasteiger partial charge in [-0.05, 0) is 29.5 Å². The molecule has 3 aromatic heterocycles. The van der Waals surface area contributed by atoms with E-state index in [1.54, 1.807) is 18.2 Å². The topological polar surface area (TPSA) is 134 Å². The van der Waals surface area contributed by atoms with Gasteiger partial charge < -0.3 is 10.2 Å². The Morgan fingerprint density at radius 1 is 1.00 bits per heavy atom. The molecule has 0 radical (unpaired) electrons. The average Bonchev–Trinajstić information content (AvgIpc) is 3.45. The predicted octanol–water partition coefficient (Wildman–Crippen LogP) is 3.04. The second-order valence-corrected chi connectivity index (χ2v) is 6.69. The Kier molecular flexibility index (Phi) is 4.69. The van der Waals surface area contributed by atoms with Gasteiger partial charge in [-0.2, -0.15) is 13.6 Å². The Bertz CT molecular complexity index is 1430. The van der Waals surface area contributed by atoms with Gasteiger partial charge in [0.1, 0.15) is 18.0 Å². The Labute approximate surface area is 176 Å². The van der Waals surface area contributed by atoms with E-state index in [4.69, 9.17) is 10.2 Å². The maximum atomic E-state index is 14.6. The summed E-state index contributed by atoms with van der Waals surface area (Å²) in [4.78, 5) is 9.35. The Morgan fingerprint density at radius 2 is 1.84 bits per heavy atom. The number of tetrazole rings is 1. The zero-order valence-electron chi connectivity index (χ0n) is 16.0. The third-order valence-electron chi connectivity index (χ3n) is 4.62. The standard InChI is InChI=1S/C19H12F3N9O/c20-13-5-10(18-27-28-19(32-18)15(21)22)1-2-11(13)7-31-29-17(26-30-31)9-3-4-12-14(6-9)24-8-25-16(12)23/h1-6,8,15H,7H2,(H2,23,24,25). The number of fused-ring (bicyclic) bond motifs is 1. The summed E-state index contributed by atoms with van der Waals surface area (Å²) in [6.07, 6.45) is -1.54. The molecule has 32 heavy (non-hydrogen) atoms. The van der Waals surface area contributed by atoms with Gasteiger partial charge in [0, 0.05) is 22.1 Å². The minimum absolute atomic E-state index is 0.00602. The fraction of sp³-hybridized carbons (Fsp3) is 0.105. The number of nitrogens with two attached hydrogens (primary N) is 1. The number of hydrogen-bond donors (Lipinski definition) is 1. The van der Waals surface area contributed by atoms with E-state index < -0.39 is 18.1 Å². The smallest absolute Gasteiger partial charge is 0.314 e. The molecule has 0 aliphatic rings. The molecule has 10 nitrogen and oxygen atoms in total. The van der Waals surface area contributed by atoms with Crippen LogP contribution in [0.3, 0.4) is 0 Å². The van der Waals surface area contributed by atoms with E-state index in [0.717, 1.165) is 6.07 Å². The van der Waals surface area contributed by atoms with Crippen molar-refractivity contribution in [2.45, 2.75) is 13.0 Å². The monoisotopic (exact) mass is 439 g/mol. The summed E-state index contributed by atoms with van der Waals surface area (Å²) in [6.45, 7) is -0.00602. The number of benzene rings is 2. The zero-order valence-corrected chi connectivity index (χ0v) is 16.0. The summed E-state index contributed by atoms with van der Waals surface area (Å²) >= 11 is 0. The quantitative estimate of drug-likeness (QED) is 0.438. The van der Waals surface area contributed by atoms with Crippen LogP contribution in [0.25, 0.3) is 33.7 Å². The lowest BCUT2D eigenvalue weighted by Gasteiger charge is -2.03. The number of nitrogen functional groups attached to an aromatic ring is 1. The number of nitrogens with zero attached hydrogens (tertiary/aromatic N) is 8. The third kappa shape index (κ3) is 3.59. The first-order chi connectivity index (χ1) is 15.5. The molecule has 3 heterocycles. The van der Waals surface area contributed by atoms with Gasteiger partial charge in [0.25, 0.3) is 5.89 Å². The van der Waals surface area contributed by atoms with Crippen molar-refractivity contribution in [1.29, 1.82) is 0 Å². The van der Waals surface area contributed by atoms with Crippen LogP contribution in [-0.4, -0.2) is 40.4 Å². The first kappa shape index (κ1) is 19.5. The van der Waals surface area contributed by atoms with Crippen molar-refractivity contribution in [1.82, 2.24) is 40.4 Å². The summed E-state index contributed by atoms with van der Waals surface area (Å²) in [5, 5.41) is 19.7. The largest absolute Gasteiger partial charge is 0.415 e. The highest BCUT2D eigenvalue weighted by Gasteiger charge is 2.18. The Morgan fingerprint density at radius 3 is 2.62 bits per heavy atom. The number of rotatable bonds is 5. The number of alkyl halides is 2. The summed E-state index contributed by atoms with van der Waals surface area (Å²) in [5.41, 5.74) is 7.55. The first-order valence-corrected chi connectivity index (χ1v) is 9.16. The number of anilines is 1. The van der Waals surface area contributed by atoms with Crippen LogP contribution in [-0.2, 0) is 6.54 Å². The highest BCUT2D eigenvalue weighted by Crippen LogP contribution is 2.25. The van der Waals surface area contributed by atoms with Gasteiger partial charge in [0.2, 0.25) is 11.7 Å². The fourth-order valence-electron chi connectivity index (χ4n) is 3.04. The summed E-state index contributed by atoms with van der Waals surface area (Å²) in [5.74, 6) is -0.954. The second-order valence-electron chi connectivity index (χ2n) is 6.69. The van der Waals surface area contributed by atoms with Crippen molar-refractivity contribution in [3.8, 4) is 22.8 Å². The molecular formula is C19H12F3N9O. The number of aromatic nitrogens is 8. The third-order valence-corrected chi connectivity index (χ3v) is 4.62. The minimum Gasteiger partial charge on any atom is -0.415 e.